The lowest BCUT2D eigenvalue weighted by Crippen LogP contribution is -2.12. The fourth-order valence-electron chi connectivity index (χ4n) is 5.88. The van der Waals surface area contributed by atoms with E-state index in [9.17, 15) is 13.2 Å². The van der Waals surface area contributed by atoms with E-state index in [0.717, 1.165) is 55.4 Å². The number of hydrogen-bond donors (Lipinski definition) is 0. The summed E-state index contributed by atoms with van der Waals surface area (Å²) in [7, 11) is 0. The smallest absolute Gasteiger partial charge is 0.166 e. The Morgan fingerprint density at radius 2 is 1.47 bits per heavy atom. The predicted molar refractivity (Wildman–Crippen MR) is 138 cm³/mol. The fourth-order valence-corrected chi connectivity index (χ4v) is 5.88. The van der Waals surface area contributed by atoms with Crippen LogP contribution in [0.3, 0.4) is 0 Å². The van der Waals surface area contributed by atoms with Gasteiger partial charge in [0, 0.05) is 0 Å². The molecule has 1 unspecified atom stereocenters. The molecule has 190 valence electrons. The second kappa shape index (κ2) is 13.5. The molecule has 0 amide bonds. The molecule has 2 aliphatic carbocycles. The maximum atomic E-state index is 12.8. The highest BCUT2D eigenvalue weighted by molar-refractivity contribution is 5.27. The number of halogens is 3. The van der Waals surface area contributed by atoms with Crippen molar-refractivity contribution in [3.8, 4) is 0 Å². The molecule has 2 fully saturated rings. The molecule has 0 N–H and O–H groups in total. The van der Waals surface area contributed by atoms with Gasteiger partial charge in [0.15, 0.2) is 0 Å². The zero-order valence-corrected chi connectivity index (χ0v) is 21.3. The SMILES string of the molecule is CCCC(/C=C/C1CCC(C)CC1)CCC/C=C/C1CCC(c2ccc(C(F)(F)F)cc2)CC1. The van der Waals surface area contributed by atoms with Gasteiger partial charge >= 0.3 is 6.18 Å². The van der Waals surface area contributed by atoms with Crippen LogP contribution in [0.5, 0.6) is 0 Å². The Morgan fingerprint density at radius 1 is 0.853 bits per heavy atom. The lowest BCUT2D eigenvalue weighted by atomic mass is 9.78. The average molecular weight is 475 g/mol. The van der Waals surface area contributed by atoms with E-state index in [1.165, 1.54) is 63.5 Å². The minimum absolute atomic E-state index is 0.404. The Balaban J connectivity index is 1.34. The van der Waals surface area contributed by atoms with Crippen molar-refractivity contribution in [2.75, 3.05) is 0 Å². The molecule has 0 bridgehead atoms. The van der Waals surface area contributed by atoms with Crippen LogP contribution in [0.1, 0.15) is 114 Å². The second-order valence-corrected chi connectivity index (χ2v) is 11.0. The molecule has 1 aromatic carbocycles. The summed E-state index contributed by atoms with van der Waals surface area (Å²) in [6.45, 7) is 4.68. The summed E-state index contributed by atoms with van der Waals surface area (Å²) in [4.78, 5) is 0. The number of rotatable bonds is 10. The molecule has 0 nitrogen and oxygen atoms in total. The minimum atomic E-state index is -4.25. The molecule has 0 aliphatic heterocycles. The Hall–Kier alpha value is -1.51. The van der Waals surface area contributed by atoms with E-state index < -0.39 is 11.7 Å². The lowest BCUT2D eigenvalue weighted by Gasteiger charge is -2.27. The molecule has 34 heavy (non-hydrogen) atoms. The molecule has 3 heteroatoms. The van der Waals surface area contributed by atoms with Crippen LogP contribution in [0.4, 0.5) is 13.2 Å². The quantitative estimate of drug-likeness (QED) is 0.234. The van der Waals surface area contributed by atoms with Crippen LogP contribution < -0.4 is 0 Å². The molecule has 2 saturated carbocycles. The first-order chi connectivity index (χ1) is 16.3. The number of alkyl halides is 3. The third kappa shape index (κ3) is 8.93. The van der Waals surface area contributed by atoms with E-state index in [0.29, 0.717) is 11.8 Å². The van der Waals surface area contributed by atoms with Crippen molar-refractivity contribution < 1.29 is 13.2 Å². The van der Waals surface area contributed by atoms with Gasteiger partial charge in [-0.3, -0.25) is 0 Å². The van der Waals surface area contributed by atoms with E-state index in [1.807, 2.05) is 0 Å². The van der Waals surface area contributed by atoms with Crippen LogP contribution in [-0.2, 0) is 6.18 Å². The van der Waals surface area contributed by atoms with E-state index in [2.05, 4.69) is 38.2 Å². The molecule has 3 rings (SSSR count). The van der Waals surface area contributed by atoms with Crippen LogP contribution in [0, 0.1) is 23.7 Å². The third-order valence-corrected chi connectivity index (χ3v) is 8.21. The Labute approximate surface area is 206 Å². The van der Waals surface area contributed by atoms with Crippen molar-refractivity contribution in [3.05, 3.63) is 59.7 Å². The highest BCUT2D eigenvalue weighted by Gasteiger charge is 2.30. The van der Waals surface area contributed by atoms with Gasteiger partial charge in [-0.15, -0.1) is 0 Å². The standard InChI is InChI=1S/C31H45F3/c1-3-7-25(14-15-27-12-10-24(2)11-13-27)8-5-4-6-9-26-16-18-28(19-17-26)29-20-22-30(23-21-29)31(32,33)34/h6,9,14-15,20-28H,3-5,7-8,10-13,16-19H2,1-2H3/b9-6+,15-14+. The van der Waals surface area contributed by atoms with Crippen LogP contribution in [0.15, 0.2) is 48.6 Å². The van der Waals surface area contributed by atoms with Gasteiger partial charge in [0.05, 0.1) is 5.56 Å². The topological polar surface area (TPSA) is 0 Å². The van der Waals surface area contributed by atoms with E-state index in [4.69, 9.17) is 0 Å². The second-order valence-electron chi connectivity index (χ2n) is 11.0. The maximum absolute atomic E-state index is 12.8. The van der Waals surface area contributed by atoms with Gasteiger partial charge in [0.2, 0.25) is 0 Å². The first-order valence-corrected chi connectivity index (χ1v) is 13.9. The average Bonchev–Trinajstić information content (AvgIpc) is 2.83. The van der Waals surface area contributed by atoms with Crippen molar-refractivity contribution in [1.29, 1.82) is 0 Å². The normalized spacial score (nSPS) is 27.4. The molecule has 0 saturated heterocycles. The van der Waals surface area contributed by atoms with Gasteiger partial charge < -0.3 is 0 Å². The molecular weight excluding hydrogens is 429 g/mol. The Bertz CT molecular complexity index is 742. The highest BCUT2D eigenvalue weighted by atomic mass is 19.4. The maximum Gasteiger partial charge on any atom is 0.416 e. The zero-order chi connectivity index (χ0) is 24.4. The summed E-state index contributed by atoms with van der Waals surface area (Å²) in [5, 5.41) is 0. The van der Waals surface area contributed by atoms with Gasteiger partial charge in [0.1, 0.15) is 0 Å². The largest absolute Gasteiger partial charge is 0.416 e. The molecule has 1 aromatic rings. The van der Waals surface area contributed by atoms with Gasteiger partial charge in [-0.25, -0.2) is 0 Å². The number of benzene rings is 1. The number of unbranched alkanes of at least 4 members (excludes halogenated alkanes) is 1. The number of hydrogen-bond acceptors (Lipinski definition) is 0. The van der Waals surface area contributed by atoms with Crippen molar-refractivity contribution in [1.82, 2.24) is 0 Å². The molecule has 0 spiro atoms. The van der Waals surface area contributed by atoms with Crippen LogP contribution in [-0.4, -0.2) is 0 Å². The van der Waals surface area contributed by atoms with E-state index >= 15 is 0 Å². The van der Waals surface area contributed by atoms with Gasteiger partial charge in [-0.05, 0) is 111 Å². The monoisotopic (exact) mass is 474 g/mol. The highest BCUT2D eigenvalue weighted by Crippen LogP contribution is 2.38. The fraction of sp³-hybridized carbons (Fsp3) is 0.677. The summed E-state index contributed by atoms with van der Waals surface area (Å²) >= 11 is 0. The van der Waals surface area contributed by atoms with Gasteiger partial charge in [-0.2, -0.15) is 13.2 Å². The minimum Gasteiger partial charge on any atom is -0.166 e. The van der Waals surface area contributed by atoms with Crippen LogP contribution in [0.25, 0.3) is 0 Å². The lowest BCUT2D eigenvalue weighted by molar-refractivity contribution is -0.137. The van der Waals surface area contributed by atoms with Crippen molar-refractivity contribution in [3.63, 3.8) is 0 Å². The Morgan fingerprint density at radius 3 is 2.09 bits per heavy atom. The van der Waals surface area contributed by atoms with Crippen LogP contribution in [0.2, 0.25) is 0 Å². The van der Waals surface area contributed by atoms with Crippen molar-refractivity contribution in [2.24, 2.45) is 23.7 Å². The molecule has 0 heterocycles. The molecule has 2 aliphatic rings. The predicted octanol–water partition coefficient (Wildman–Crippen LogP) is 10.5. The van der Waals surface area contributed by atoms with Crippen LogP contribution >= 0.6 is 0 Å². The summed E-state index contributed by atoms with van der Waals surface area (Å²) in [5.74, 6) is 3.50. The van der Waals surface area contributed by atoms with Gasteiger partial charge in [-0.1, -0.05) is 69.5 Å². The summed E-state index contributed by atoms with van der Waals surface area (Å²) in [6.07, 6.45) is 21.9. The first-order valence-electron chi connectivity index (χ1n) is 13.9. The molecule has 1 atom stereocenters. The van der Waals surface area contributed by atoms with E-state index in [1.54, 1.807) is 12.1 Å². The summed E-state index contributed by atoms with van der Waals surface area (Å²) < 4.78 is 38.4. The third-order valence-electron chi connectivity index (χ3n) is 8.21. The van der Waals surface area contributed by atoms with Crippen molar-refractivity contribution in [2.45, 2.75) is 109 Å². The zero-order valence-electron chi connectivity index (χ0n) is 21.3. The molecule has 0 aromatic heterocycles. The first kappa shape index (κ1) is 27.1. The number of allylic oxidation sites excluding steroid dienone is 4. The van der Waals surface area contributed by atoms with Gasteiger partial charge in [0.25, 0.3) is 0 Å². The van der Waals surface area contributed by atoms with Crippen molar-refractivity contribution >= 4 is 0 Å². The summed E-state index contributed by atoms with van der Waals surface area (Å²) in [5.41, 5.74) is 0.515. The molecular formula is C31H45F3. The Kier molecular flexibility index (Phi) is 10.8. The van der Waals surface area contributed by atoms with E-state index in [-0.39, 0.29) is 0 Å². The molecule has 0 radical (unpaired) electrons. The summed E-state index contributed by atoms with van der Waals surface area (Å²) in [6, 6.07) is 5.83.